The van der Waals surface area contributed by atoms with E-state index in [0.29, 0.717) is 37.9 Å². The summed E-state index contributed by atoms with van der Waals surface area (Å²) >= 11 is 0. The molecule has 1 aromatic rings. The minimum absolute atomic E-state index is 0.0641. The van der Waals surface area contributed by atoms with E-state index in [4.69, 9.17) is 47.4 Å². The highest BCUT2D eigenvalue weighted by Crippen LogP contribution is 2.69. The Balaban J connectivity index is 1.10. The summed E-state index contributed by atoms with van der Waals surface area (Å²) in [7, 11) is 2.77. The van der Waals surface area contributed by atoms with Gasteiger partial charge in [-0.15, -0.1) is 0 Å². The molecule has 3 saturated heterocycles. The Morgan fingerprint density at radius 3 is 2.17 bits per heavy atom. The summed E-state index contributed by atoms with van der Waals surface area (Å²) in [5.41, 5.74) is -1.50. The van der Waals surface area contributed by atoms with Crippen LogP contribution in [0.4, 0.5) is 0 Å². The molecule has 3 aliphatic heterocycles. The van der Waals surface area contributed by atoms with Crippen LogP contribution in [0, 0.1) is 40.4 Å². The average molecular weight is 1070 g/mol. The molecular weight excluding hydrogens is 985 g/mol. The van der Waals surface area contributed by atoms with Gasteiger partial charge in [0.25, 0.3) is 0 Å². The number of Topliss-reactive ketones (excluding diaryl/α,β-unsaturated/α-hetero) is 1. The summed E-state index contributed by atoms with van der Waals surface area (Å²) in [4.78, 5) is 41.4. The average Bonchev–Trinajstić information content (AvgIpc) is 3.70. The third kappa shape index (κ3) is 10.9. The van der Waals surface area contributed by atoms with Gasteiger partial charge in [0, 0.05) is 24.7 Å². The minimum atomic E-state index is -1.88. The number of aliphatic hydroxyl groups excluding tert-OH is 7. The van der Waals surface area contributed by atoms with Crippen molar-refractivity contribution in [1.82, 2.24) is 0 Å². The molecule has 8 rings (SSSR count). The third-order valence-corrected chi connectivity index (χ3v) is 18.2. The smallest absolute Gasteiger partial charge is 0.338 e. The maximum atomic E-state index is 14.3. The Morgan fingerprint density at radius 1 is 0.787 bits per heavy atom. The van der Waals surface area contributed by atoms with Crippen LogP contribution >= 0.6 is 0 Å². The monoisotopic (exact) mass is 1060 g/mol. The molecule has 0 radical (unpaired) electrons. The van der Waals surface area contributed by atoms with Gasteiger partial charge in [-0.3, -0.25) is 9.59 Å². The van der Waals surface area contributed by atoms with Crippen LogP contribution < -0.4 is 9.47 Å². The number of hydrogen-bond donors (Lipinski definition) is 8. The fraction of sp³-hybridized carbons (Fsp3) is 0.796. The normalized spacial score (nSPS) is 43.1. The maximum absolute atomic E-state index is 14.3. The fourth-order valence-corrected chi connectivity index (χ4v) is 13.8. The molecule has 4 unspecified atom stereocenters. The van der Waals surface area contributed by atoms with E-state index in [0.717, 1.165) is 26.2 Å². The molecule has 3 saturated carbocycles. The van der Waals surface area contributed by atoms with Gasteiger partial charge in [-0.05, 0) is 98.7 Å². The molecule has 422 valence electrons. The number of fused-ring (bicyclic) bond motifs is 5. The van der Waals surface area contributed by atoms with Crippen LogP contribution in [0.1, 0.15) is 110 Å². The molecule has 8 N–H and O–H groups in total. The lowest BCUT2D eigenvalue weighted by Gasteiger charge is -2.59. The van der Waals surface area contributed by atoms with Crippen LogP contribution in [0.5, 0.6) is 11.5 Å². The first-order valence-corrected chi connectivity index (χ1v) is 26.6. The van der Waals surface area contributed by atoms with Crippen molar-refractivity contribution in [3.63, 3.8) is 0 Å². The highest BCUT2D eigenvalue weighted by Gasteiger charge is 2.71. The molecule has 75 heavy (non-hydrogen) atoms. The van der Waals surface area contributed by atoms with Crippen molar-refractivity contribution >= 4 is 17.7 Å². The Labute approximate surface area is 437 Å². The predicted molar refractivity (Wildman–Crippen MR) is 260 cm³/mol. The minimum Gasteiger partial charge on any atom is -0.493 e. The van der Waals surface area contributed by atoms with E-state index in [1.165, 1.54) is 38.0 Å². The summed E-state index contributed by atoms with van der Waals surface area (Å²) in [6, 6.07) is 4.16. The molecule has 7 aliphatic rings. The van der Waals surface area contributed by atoms with E-state index in [2.05, 4.69) is 19.9 Å². The Hall–Kier alpha value is -3.39. The third-order valence-electron chi connectivity index (χ3n) is 18.2. The molecule has 6 fully saturated rings. The Bertz CT molecular complexity index is 2210. The first kappa shape index (κ1) is 57.8. The number of rotatable bonds is 17. The fourth-order valence-electron chi connectivity index (χ4n) is 13.8. The highest BCUT2D eigenvalue weighted by atomic mass is 16.8. The van der Waals surface area contributed by atoms with Gasteiger partial charge in [0.2, 0.25) is 0 Å². The molecule has 0 amide bonds. The molecule has 22 atom stereocenters. The van der Waals surface area contributed by atoms with E-state index in [-0.39, 0.29) is 58.7 Å². The van der Waals surface area contributed by atoms with Gasteiger partial charge in [-0.1, -0.05) is 46.3 Å². The van der Waals surface area contributed by atoms with Crippen molar-refractivity contribution in [3.8, 4) is 11.5 Å². The molecule has 0 spiro atoms. The number of carbonyl (C=O) groups excluding carboxylic acids is 3. The molecule has 0 aromatic heterocycles. The number of hydrogen-bond acceptors (Lipinski definition) is 21. The van der Waals surface area contributed by atoms with Crippen molar-refractivity contribution < 1.29 is 103 Å². The molecule has 0 bridgehead atoms. The first-order chi connectivity index (χ1) is 35.5. The van der Waals surface area contributed by atoms with Crippen molar-refractivity contribution in [1.29, 1.82) is 0 Å². The molecule has 1 aromatic carbocycles. The van der Waals surface area contributed by atoms with Gasteiger partial charge >= 0.3 is 11.9 Å². The number of methoxy groups -OCH3 is 2. The zero-order valence-corrected chi connectivity index (χ0v) is 44.2. The zero-order valence-electron chi connectivity index (χ0n) is 44.2. The lowest BCUT2D eigenvalue weighted by Crippen LogP contribution is -2.65. The number of benzene rings is 1. The zero-order chi connectivity index (χ0) is 54.5. The Kier molecular flexibility index (Phi) is 17.8. The van der Waals surface area contributed by atoms with Crippen molar-refractivity contribution in [2.45, 2.75) is 197 Å². The number of aliphatic hydroxyl groups is 8. The number of ether oxygens (including phenoxy) is 10. The van der Waals surface area contributed by atoms with Gasteiger partial charge in [0.05, 0.1) is 51.8 Å². The molecule has 3 heterocycles. The molecule has 4 aliphatic carbocycles. The SMILES string of the molecule is COc1ccc(C(=O)O[C@H]2[C@H](O[C@@H]3[C@@H](OC(C)=O)[C@H](OC4C[C@H]5[C@@H]6CC=C7C[C@@H](O)CC[C@]7(C)[C@H]6CC[C@]5(C)[C@@]4(O)[C@H](C)C(=O)CCC(C)C)OC[C@@H]3O)OC[C@@H](OC3OC(CO)[C@@H](O)C(O)[C@H]3O)[C@@H]2O)cc1OC. The van der Waals surface area contributed by atoms with E-state index in [1.54, 1.807) is 6.92 Å². The second kappa shape index (κ2) is 23.1. The predicted octanol–water partition coefficient (Wildman–Crippen LogP) is 1.86. The van der Waals surface area contributed by atoms with Crippen LogP contribution in [0.3, 0.4) is 0 Å². The van der Waals surface area contributed by atoms with Crippen LogP contribution in [-0.4, -0.2) is 190 Å². The second-order valence-electron chi connectivity index (χ2n) is 22.9. The number of ketones is 1. The number of allylic oxidation sites excluding steroid dienone is 1. The van der Waals surface area contributed by atoms with Crippen molar-refractivity contribution in [2.75, 3.05) is 34.0 Å². The topological polar surface area (TPSA) is 305 Å². The van der Waals surface area contributed by atoms with Gasteiger partial charge in [-0.2, -0.15) is 0 Å². The van der Waals surface area contributed by atoms with E-state index in [1.807, 2.05) is 13.8 Å². The van der Waals surface area contributed by atoms with Gasteiger partial charge in [0.15, 0.2) is 42.6 Å². The lowest BCUT2D eigenvalue weighted by molar-refractivity contribution is -0.362. The number of carbonyl (C=O) groups is 3. The van der Waals surface area contributed by atoms with Crippen LogP contribution in [0.25, 0.3) is 0 Å². The molecular formula is C54H80O21. The lowest BCUT2D eigenvalue weighted by atomic mass is 9.46. The van der Waals surface area contributed by atoms with Crippen LogP contribution in [0.2, 0.25) is 0 Å². The summed E-state index contributed by atoms with van der Waals surface area (Å²) in [6.07, 6.45) is -15.4. The summed E-state index contributed by atoms with van der Waals surface area (Å²) in [5, 5.41) is 89.5. The van der Waals surface area contributed by atoms with Gasteiger partial charge < -0.3 is 88.2 Å². The maximum Gasteiger partial charge on any atom is 0.338 e. The summed E-state index contributed by atoms with van der Waals surface area (Å²) < 4.78 is 59.6. The molecule has 21 nitrogen and oxygen atoms in total. The quantitative estimate of drug-likeness (QED) is 0.0816. The number of esters is 2. The van der Waals surface area contributed by atoms with Crippen LogP contribution in [-0.2, 0) is 47.5 Å². The van der Waals surface area contributed by atoms with E-state index < -0.39 is 135 Å². The standard InChI is InChI=1S/C54H80O21/c1-25(2)9-13-34(58)26(3)54(65)40(21-33-31-12-11-29-20-30(57)15-17-52(29,5)32(31)16-18-53(33,54)6)73-51-47(70-27(4)56)45(35(59)23-68-51)75-50-46(74-48(64)28-10-14-36(66-7)37(19-28)67-8)42(61)39(24-69-50)72-49-44(63)43(62)41(60)38(22-55)71-49/h10-11,14,19,25-26,30-33,35,38-47,49-51,55,57,59-63,65H,9,12-13,15-18,20-24H2,1-8H3/t26-,30+,31-,32+,33+,35+,38?,39-,40?,41-,42+,43?,44-,45+,46-,47-,49?,50+,51+,52+,53+,54-/m1/s1. The van der Waals surface area contributed by atoms with Crippen molar-refractivity contribution in [3.05, 3.63) is 35.4 Å². The summed E-state index contributed by atoms with van der Waals surface area (Å²) in [6.45, 7) is 9.53. The summed E-state index contributed by atoms with van der Waals surface area (Å²) in [5.74, 6) is -1.92. The second-order valence-corrected chi connectivity index (χ2v) is 22.9. The molecule has 21 heteroatoms. The Morgan fingerprint density at radius 2 is 1.49 bits per heavy atom. The largest absolute Gasteiger partial charge is 0.493 e. The van der Waals surface area contributed by atoms with E-state index >= 15 is 0 Å². The highest BCUT2D eigenvalue weighted by molar-refractivity contribution is 5.90. The van der Waals surface area contributed by atoms with Crippen LogP contribution in [0.15, 0.2) is 29.8 Å². The van der Waals surface area contributed by atoms with Gasteiger partial charge in [0.1, 0.15) is 60.2 Å². The van der Waals surface area contributed by atoms with E-state index in [9.17, 15) is 55.2 Å². The van der Waals surface area contributed by atoms with Gasteiger partial charge in [-0.25, -0.2) is 4.79 Å². The van der Waals surface area contributed by atoms with Crippen molar-refractivity contribution in [2.24, 2.45) is 40.4 Å². The first-order valence-electron chi connectivity index (χ1n) is 26.6.